The number of nitrogen functional groups attached to an aromatic ring is 1. The molecule has 0 radical (unpaired) electrons. The third-order valence-electron chi connectivity index (χ3n) is 5.40. The number of hydrogen-bond donors (Lipinski definition) is 1. The largest absolute Gasteiger partial charge is 0.384 e. The fraction of sp³-hybridized carbons (Fsp3) is 0.280. The van der Waals surface area contributed by atoms with E-state index in [1.807, 2.05) is 52.1 Å². The second-order valence-corrected chi connectivity index (χ2v) is 7.47. The molecular formula is C25H29N5O. The first kappa shape index (κ1) is 22.2. The molecule has 0 fully saturated rings. The summed E-state index contributed by atoms with van der Waals surface area (Å²) in [6, 6.07) is 5.67. The predicted molar refractivity (Wildman–Crippen MR) is 127 cm³/mol. The van der Waals surface area contributed by atoms with Crippen LogP contribution < -0.4 is 5.73 Å². The third kappa shape index (κ3) is 4.63. The highest BCUT2D eigenvalue weighted by molar-refractivity contribution is 6.00. The first-order valence-electron chi connectivity index (χ1n) is 10.5. The molecule has 0 bridgehead atoms. The van der Waals surface area contributed by atoms with Crippen LogP contribution in [0.3, 0.4) is 0 Å². The van der Waals surface area contributed by atoms with Crippen LogP contribution in [0, 0.1) is 0 Å². The summed E-state index contributed by atoms with van der Waals surface area (Å²) in [5.41, 5.74) is 11.4. The van der Waals surface area contributed by atoms with E-state index in [9.17, 15) is 4.79 Å². The van der Waals surface area contributed by atoms with Crippen molar-refractivity contribution in [3.05, 3.63) is 71.2 Å². The Morgan fingerprint density at radius 2 is 1.97 bits per heavy atom. The minimum atomic E-state index is 0.151. The summed E-state index contributed by atoms with van der Waals surface area (Å²) in [5.74, 6) is 1.27. The highest BCUT2D eigenvalue weighted by atomic mass is 16.1. The average molecular weight is 416 g/mol. The number of nitrogens with zero attached hydrogens (tertiary/aromatic N) is 4. The number of hydrogen-bond acceptors (Lipinski definition) is 5. The number of allylic oxidation sites excluding steroid dienone is 6. The third-order valence-corrected chi connectivity index (χ3v) is 5.40. The van der Waals surface area contributed by atoms with Gasteiger partial charge in [0.15, 0.2) is 11.6 Å². The van der Waals surface area contributed by atoms with Crippen molar-refractivity contribution in [1.82, 2.24) is 19.7 Å². The summed E-state index contributed by atoms with van der Waals surface area (Å²) >= 11 is 0. The first-order valence-corrected chi connectivity index (χ1v) is 10.5. The van der Waals surface area contributed by atoms with E-state index in [-0.39, 0.29) is 5.78 Å². The molecule has 3 aromatic heterocycles. The van der Waals surface area contributed by atoms with Gasteiger partial charge in [-0.2, -0.15) is 5.10 Å². The lowest BCUT2D eigenvalue weighted by atomic mass is 9.93. The summed E-state index contributed by atoms with van der Waals surface area (Å²) in [6.45, 7) is 10.00. The van der Waals surface area contributed by atoms with Crippen LogP contribution in [0.15, 0.2) is 65.7 Å². The molecule has 3 aromatic rings. The van der Waals surface area contributed by atoms with E-state index < -0.39 is 0 Å². The SMILES string of the molecule is C\C=C(/C(C)=C\C(C(=O)CC)=C(/C)CC)c1cc2cnc(N)cc2nc1-n1cccn1. The zero-order chi connectivity index (χ0) is 22.5. The number of aromatic nitrogens is 4. The van der Waals surface area contributed by atoms with E-state index in [2.05, 4.69) is 23.1 Å². The molecule has 0 aromatic carbocycles. The van der Waals surface area contributed by atoms with Gasteiger partial charge in [-0.1, -0.05) is 25.5 Å². The van der Waals surface area contributed by atoms with E-state index in [0.29, 0.717) is 18.1 Å². The van der Waals surface area contributed by atoms with Gasteiger partial charge in [-0.15, -0.1) is 0 Å². The predicted octanol–water partition coefficient (Wildman–Crippen LogP) is 5.45. The molecule has 31 heavy (non-hydrogen) atoms. The van der Waals surface area contributed by atoms with E-state index >= 15 is 0 Å². The van der Waals surface area contributed by atoms with Crippen LogP contribution in [0.2, 0.25) is 0 Å². The number of fused-ring (bicyclic) bond motifs is 1. The van der Waals surface area contributed by atoms with Gasteiger partial charge in [-0.25, -0.2) is 14.6 Å². The number of pyridine rings is 2. The Morgan fingerprint density at radius 3 is 2.58 bits per heavy atom. The number of ketones is 1. The highest BCUT2D eigenvalue weighted by Gasteiger charge is 2.16. The maximum Gasteiger partial charge on any atom is 0.162 e. The number of rotatable bonds is 7. The van der Waals surface area contributed by atoms with Gasteiger partial charge in [0.05, 0.1) is 5.52 Å². The van der Waals surface area contributed by atoms with Crippen molar-refractivity contribution in [3.8, 4) is 5.82 Å². The lowest BCUT2D eigenvalue weighted by Crippen LogP contribution is -2.06. The van der Waals surface area contributed by atoms with Crippen molar-refractivity contribution in [3.63, 3.8) is 0 Å². The van der Waals surface area contributed by atoms with E-state index in [1.54, 1.807) is 23.1 Å². The second-order valence-electron chi connectivity index (χ2n) is 7.47. The molecule has 0 spiro atoms. The van der Waals surface area contributed by atoms with Crippen LogP contribution in [0.25, 0.3) is 22.3 Å². The molecule has 0 atom stereocenters. The number of carbonyl (C=O) groups is 1. The molecule has 3 rings (SSSR count). The van der Waals surface area contributed by atoms with E-state index in [0.717, 1.165) is 45.2 Å². The molecule has 2 N–H and O–H groups in total. The maximum atomic E-state index is 12.6. The molecule has 0 amide bonds. The van der Waals surface area contributed by atoms with Crippen molar-refractivity contribution in [1.29, 1.82) is 0 Å². The lowest BCUT2D eigenvalue weighted by molar-refractivity contribution is -0.115. The molecule has 3 heterocycles. The summed E-state index contributed by atoms with van der Waals surface area (Å²) < 4.78 is 1.74. The van der Waals surface area contributed by atoms with Crippen molar-refractivity contribution < 1.29 is 4.79 Å². The van der Waals surface area contributed by atoms with Crippen molar-refractivity contribution in [2.75, 3.05) is 5.73 Å². The smallest absolute Gasteiger partial charge is 0.162 e. The number of anilines is 1. The molecule has 0 saturated heterocycles. The Kier molecular flexibility index (Phi) is 6.80. The van der Waals surface area contributed by atoms with Crippen LogP contribution >= 0.6 is 0 Å². The molecule has 0 saturated carbocycles. The monoisotopic (exact) mass is 415 g/mol. The van der Waals surface area contributed by atoms with Crippen LogP contribution in [0.5, 0.6) is 0 Å². The Hall–Kier alpha value is -3.54. The standard InChI is InChI=1S/C25H29N5O/c1-6-16(4)20(23(31)8-3)12-17(5)19(7-2)21-13-18-15-27-24(26)14-22(18)29-25(21)30-11-9-10-28-30/h7,9-15H,6,8H2,1-5H3,(H2,26,27)/b17-12-,19-7+,20-16-. The van der Waals surface area contributed by atoms with Crippen molar-refractivity contribution in [2.45, 2.75) is 47.5 Å². The van der Waals surface area contributed by atoms with Gasteiger partial charge < -0.3 is 5.73 Å². The number of Topliss-reactive ketones (excluding diaryl/α,β-unsaturated/α-hetero) is 1. The van der Waals surface area contributed by atoms with Gasteiger partial charge in [0.25, 0.3) is 0 Å². The minimum Gasteiger partial charge on any atom is -0.384 e. The fourth-order valence-electron chi connectivity index (χ4n) is 3.55. The molecule has 0 aliphatic rings. The fourth-order valence-corrected chi connectivity index (χ4v) is 3.55. The molecule has 6 heteroatoms. The Morgan fingerprint density at radius 1 is 1.19 bits per heavy atom. The van der Waals surface area contributed by atoms with Gasteiger partial charge in [0.1, 0.15) is 5.82 Å². The van der Waals surface area contributed by atoms with E-state index in [1.165, 1.54) is 0 Å². The average Bonchev–Trinajstić information content (AvgIpc) is 3.31. The maximum absolute atomic E-state index is 12.6. The van der Waals surface area contributed by atoms with Crippen molar-refractivity contribution >= 4 is 28.1 Å². The van der Waals surface area contributed by atoms with Crippen LogP contribution in [0.4, 0.5) is 5.82 Å². The van der Waals surface area contributed by atoms with Crippen LogP contribution in [-0.2, 0) is 4.79 Å². The van der Waals surface area contributed by atoms with Gasteiger partial charge in [0, 0.05) is 47.6 Å². The molecule has 0 aliphatic heterocycles. The molecule has 0 unspecified atom stereocenters. The normalized spacial score (nSPS) is 13.5. The summed E-state index contributed by atoms with van der Waals surface area (Å²) in [4.78, 5) is 21.6. The summed E-state index contributed by atoms with van der Waals surface area (Å²) in [6.07, 6.45) is 10.7. The number of nitrogens with two attached hydrogens (primary N) is 1. The zero-order valence-electron chi connectivity index (χ0n) is 18.8. The molecular weight excluding hydrogens is 386 g/mol. The van der Waals surface area contributed by atoms with Crippen LogP contribution in [-0.4, -0.2) is 25.5 Å². The summed E-state index contributed by atoms with van der Waals surface area (Å²) in [7, 11) is 0. The second kappa shape index (κ2) is 9.51. The quantitative estimate of drug-likeness (QED) is 0.409. The lowest BCUT2D eigenvalue weighted by Gasteiger charge is -2.16. The van der Waals surface area contributed by atoms with Crippen molar-refractivity contribution in [2.24, 2.45) is 0 Å². The van der Waals surface area contributed by atoms with E-state index in [4.69, 9.17) is 10.7 Å². The Labute approximate surface area is 183 Å². The van der Waals surface area contributed by atoms with Gasteiger partial charge in [-0.3, -0.25) is 4.79 Å². The molecule has 0 aliphatic carbocycles. The van der Waals surface area contributed by atoms with Crippen LogP contribution in [0.1, 0.15) is 53.0 Å². The summed E-state index contributed by atoms with van der Waals surface area (Å²) in [5, 5.41) is 5.28. The van der Waals surface area contributed by atoms with Gasteiger partial charge in [-0.05, 0) is 56.5 Å². The van der Waals surface area contributed by atoms with Gasteiger partial charge >= 0.3 is 0 Å². The number of carbonyl (C=O) groups excluding carboxylic acids is 1. The highest BCUT2D eigenvalue weighted by Crippen LogP contribution is 2.31. The topological polar surface area (TPSA) is 86.7 Å². The minimum absolute atomic E-state index is 0.151. The van der Waals surface area contributed by atoms with Gasteiger partial charge in [0.2, 0.25) is 0 Å². The first-order chi connectivity index (χ1) is 14.9. The Balaban J connectivity index is 2.23. The molecule has 6 nitrogen and oxygen atoms in total. The Bertz CT molecular complexity index is 1200. The zero-order valence-corrected chi connectivity index (χ0v) is 18.8. The molecule has 160 valence electrons.